The smallest absolute Gasteiger partial charge is 0.256 e. The molecule has 0 radical (unpaired) electrons. The molecular weight excluding hydrogens is 407 g/mol. The lowest BCUT2D eigenvalue weighted by molar-refractivity contribution is 0.0675. The fourth-order valence-electron chi connectivity index (χ4n) is 4.38. The highest BCUT2D eigenvalue weighted by atomic mass is 19.2. The van der Waals surface area contributed by atoms with Gasteiger partial charge in [-0.05, 0) is 31.5 Å². The predicted octanol–water partition coefficient (Wildman–Crippen LogP) is 4.14. The molecule has 0 aliphatic carbocycles. The van der Waals surface area contributed by atoms with Crippen LogP contribution in [0.15, 0.2) is 36.5 Å². The molecule has 0 spiro atoms. The van der Waals surface area contributed by atoms with Crippen molar-refractivity contribution in [3.05, 3.63) is 70.8 Å². The molecule has 158 valence electrons. The average molecular weight is 425 g/mol. The Bertz CT molecular complexity index is 1320. The maximum atomic E-state index is 13.8. The number of benzene rings is 2. The van der Waals surface area contributed by atoms with Crippen molar-refractivity contribution >= 4 is 16.8 Å². The summed E-state index contributed by atoms with van der Waals surface area (Å²) in [5.74, 6) is -4.16. The maximum Gasteiger partial charge on any atom is 0.256 e. The number of carbonyl (C=O) groups is 1. The van der Waals surface area contributed by atoms with Crippen molar-refractivity contribution in [3.8, 4) is 11.3 Å². The van der Waals surface area contributed by atoms with Crippen LogP contribution in [0.3, 0.4) is 0 Å². The minimum Gasteiger partial charge on any atom is -0.330 e. The molecule has 0 bridgehead atoms. The van der Waals surface area contributed by atoms with Crippen LogP contribution < -0.4 is 0 Å². The van der Waals surface area contributed by atoms with Crippen LogP contribution >= 0.6 is 0 Å². The minimum atomic E-state index is -1.50. The number of aromatic amines is 1. The van der Waals surface area contributed by atoms with Gasteiger partial charge in [-0.15, -0.1) is 0 Å². The standard InChI is InChI=1S/C22H18F3N5O/c1-11-19-14(21(29(2)28-19)13-8-16(23)18(25)17(24)9-13)6-7-30(11)22(31)15-5-3-4-12-10-26-27-20(12)15/h3-5,8-11H,6-7H2,1-2H3,(H,26,27)/t11-/m0/s1. The Morgan fingerprint density at radius 1 is 1.19 bits per heavy atom. The summed E-state index contributed by atoms with van der Waals surface area (Å²) in [6.07, 6.45) is 2.12. The summed E-state index contributed by atoms with van der Waals surface area (Å²) in [5.41, 5.74) is 3.36. The van der Waals surface area contributed by atoms with E-state index in [0.717, 1.165) is 23.1 Å². The maximum absolute atomic E-state index is 13.8. The number of nitrogens with one attached hydrogen (secondary N) is 1. The number of nitrogens with zero attached hydrogens (tertiary/aromatic N) is 4. The number of amides is 1. The lowest BCUT2D eigenvalue weighted by Crippen LogP contribution is -2.39. The van der Waals surface area contributed by atoms with Crippen molar-refractivity contribution in [1.82, 2.24) is 24.9 Å². The lowest BCUT2D eigenvalue weighted by Gasteiger charge is -2.33. The van der Waals surface area contributed by atoms with Crippen molar-refractivity contribution in [2.24, 2.45) is 7.05 Å². The Hall–Kier alpha value is -3.62. The molecule has 1 amide bonds. The fraction of sp³-hybridized carbons (Fsp3) is 0.227. The number of aryl methyl sites for hydroxylation is 1. The van der Waals surface area contributed by atoms with E-state index in [1.54, 1.807) is 24.2 Å². The molecule has 0 fully saturated rings. The van der Waals surface area contributed by atoms with Gasteiger partial charge in [-0.3, -0.25) is 14.6 Å². The van der Waals surface area contributed by atoms with E-state index in [-0.39, 0.29) is 17.5 Å². The van der Waals surface area contributed by atoms with Crippen molar-refractivity contribution in [2.75, 3.05) is 6.54 Å². The number of rotatable bonds is 2. The van der Waals surface area contributed by atoms with E-state index in [2.05, 4.69) is 15.3 Å². The predicted molar refractivity (Wildman–Crippen MR) is 108 cm³/mol. The molecule has 9 heteroatoms. The number of para-hydroxylation sites is 1. The monoisotopic (exact) mass is 425 g/mol. The van der Waals surface area contributed by atoms with Gasteiger partial charge in [0, 0.05) is 30.1 Å². The van der Waals surface area contributed by atoms with Gasteiger partial charge in [-0.1, -0.05) is 12.1 Å². The second-order valence-electron chi connectivity index (χ2n) is 7.65. The molecule has 6 nitrogen and oxygen atoms in total. The number of carbonyl (C=O) groups excluding carboxylic acids is 1. The van der Waals surface area contributed by atoms with Gasteiger partial charge >= 0.3 is 0 Å². The molecule has 2 aromatic heterocycles. The van der Waals surface area contributed by atoms with E-state index >= 15 is 0 Å². The van der Waals surface area contributed by atoms with Crippen LogP contribution in [0.2, 0.25) is 0 Å². The van der Waals surface area contributed by atoms with Gasteiger partial charge in [0.2, 0.25) is 0 Å². The first-order valence-corrected chi connectivity index (χ1v) is 9.80. The number of H-pyrrole nitrogens is 1. The van der Waals surface area contributed by atoms with Gasteiger partial charge in [0.05, 0.1) is 34.7 Å². The van der Waals surface area contributed by atoms with Crippen LogP contribution in [0.5, 0.6) is 0 Å². The highest BCUT2D eigenvalue weighted by Crippen LogP contribution is 2.37. The van der Waals surface area contributed by atoms with Gasteiger partial charge in [-0.25, -0.2) is 13.2 Å². The molecular formula is C22H18F3N5O. The summed E-state index contributed by atoms with van der Waals surface area (Å²) in [5, 5.41) is 12.3. The first-order valence-electron chi connectivity index (χ1n) is 9.80. The van der Waals surface area contributed by atoms with Crippen LogP contribution in [0, 0.1) is 17.5 Å². The van der Waals surface area contributed by atoms with Crippen molar-refractivity contribution in [2.45, 2.75) is 19.4 Å². The Kier molecular flexibility index (Phi) is 4.35. The van der Waals surface area contributed by atoms with Crippen LogP contribution in [0.1, 0.15) is 34.6 Å². The second kappa shape index (κ2) is 6.97. The lowest BCUT2D eigenvalue weighted by atomic mass is 9.94. The Morgan fingerprint density at radius 3 is 2.68 bits per heavy atom. The normalized spacial score (nSPS) is 16.0. The van der Waals surface area contributed by atoms with E-state index in [0.29, 0.717) is 35.4 Å². The van der Waals surface area contributed by atoms with Crippen LogP contribution in [0.4, 0.5) is 13.2 Å². The highest BCUT2D eigenvalue weighted by molar-refractivity contribution is 6.05. The Labute approximate surface area is 175 Å². The van der Waals surface area contributed by atoms with E-state index < -0.39 is 17.5 Å². The topological polar surface area (TPSA) is 66.8 Å². The van der Waals surface area contributed by atoms with Crippen LogP contribution in [-0.4, -0.2) is 37.3 Å². The second-order valence-corrected chi connectivity index (χ2v) is 7.65. The summed E-state index contributed by atoms with van der Waals surface area (Å²) in [6.45, 7) is 2.27. The Morgan fingerprint density at radius 2 is 1.94 bits per heavy atom. The fourth-order valence-corrected chi connectivity index (χ4v) is 4.38. The third kappa shape index (κ3) is 2.91. The van der Waals surface area contributed by atoms with Gasteiger partial charge in [0.25, 0.3) is 5.91 Å². The molecule has 1 N–H and O–H groups in total. The first kappa shape index (κ1) is 19.3. The summed E-state index contributed by atoms with van der Waals surface area (Å²) < 4.78 is 42.6. The van der Waals surface area contributed by atoms with Gasteiger partial charge in [-0.2, -0.15) is 10.2 Å². The first-order chi connectivity index (χ1) is 14.9. The van der Waals surface area contributed by atoms with Crippen molar-refractivity contribution in [1.29, 1.82) is 0 Å². The third-order valence-electron chi connectivity index (χ3n) is 5.87. The molecule has 2 aromatic carbocycles. The van der Waals surface area contributed by atoms with E-state index in [1.807, 2.05) is 19.1 Å². The molecule has 0 saturated carbocycles. The number of hydrogen-bond donors (Lipinski definition) is 1. The summed E-state index contributed by atoms with van der Waals surface area (Å²) in [7, 11) is 1.66. The summed E-state index contributed by atoms with van der Waals surface area (Å²) in [4.78, 5) is 15.0. The molecule has 0 saturated heterocycles. The SMILES string of the molecule is C[C@H]1c2nn(C)c(-c3cc(F)c(F)c(F)c3)c2CCN1C(=O)c1cccc2cn[nH]c12. The molecule has 5 rings (SSSR count). The van der Waals surface area contributed by atoms with E-state index in [1.165, 1.54) is 4.68 Å². The average Bonchev–Trinajstić information content (AvgIpc) is 3.35. The number of hydrogen-bond acceptors (Lipinski definition) is 3. The van der Waals surface area contributed by atoms with Crippen molar-refractivity contribution in [3.63, 3.8) is 0 Å². The number of fused-ring (bicyclic) bond motifs is 2. The van der Waals surface area contributed by atoms with Gasteiger partial charge < -0.3 is 4.90 Å². The highest BCUT2D eigenvalue weighted by Gasteiger charge is 2.34. The van der Waals surface area contributed by atoms with Crippen LogP contribution in [-0.2, 0) is 13.5 Å². The van der Waals surface area contributed by atoms with Gasteiger partial charge in [0.15, 0.2) is 17.5 Å². The number of halogens is 3. The molecule has 0 unspecified atom stereocenters. The zero-order chi connectivity index (χ0) is 21.9. The molecule has 1 aliphatic rings. The zero-order valence-electron chi connectivity index (χ0n) is 16.8. The summed E-state index contributed by atoms with van der Waals surface area (Å²) in [6, 6.07) is 7.01. The van der Waals surface area contributed by atoms with Crippen LogP contribution in [0.25, 0.3) is 22.2 Å². The van der Waals surface area contributed by atoms with Crippen molar-refractivity contribution < 1.29 is 18.0 Å². The number of aromatic nitrogens is 4. The molecule has 1 aliphatic heterocycles. The summed E-state index contributed by atoms with van der Waals surface area (Å²) >= 11 is 0. The Balaban J connectivity index is 1.54. The molecule has 3 heterocycles. The largest absolute Gasteiger partial charge is 0.330 e. The minimum absolute atomic E-state index is 0.154. The quantitative estimate of drug-likeness (QED) is 0.491. The molecule has 31 heavy (non-hydrogen) atoms. The molecule has 4 aromatic rings. The van der Waals surface area contributed by atoms with E-state index in [9.17, 15) is 18.0 Å². The molecule has 1 atom stereocenters. The van der Waals surface area contributed by atoms with Gasteiger partial charge in [0.1, 0.15) is 0 Å². The zero-order valence-corrected chi connectivity index (χ0v) is 16.8. The van der Waals surface area contributed by atoms with E-state index in [4.69, 9.17) is 0 Å². The third-order valence-corrected chi connectivity index (χ3v) is 5.87.